The Kier molecular flexibility index (Phi) is 5.08. The van der Waals surface area contributed by atoms with E-state index in [9.17, 15) is 5.11 Å². The summed E-state index contributed by atoms with van der Waals surface area (Å²) in [7, 11) is 0. The number of nitrogens with zero attached hydrogens (tertiary/aromatic N) is 2. The van der Waals surface area contributed by atoms with Crippen LogP contribution in [-0.2, 0) is 19.4 Å². The fourth-order valence-electron chi connectivity index (χ4n) is 2.21. The third-order valence-corrected chi connectivity index (χ3v) is 4.03. The number of aliphatic hydroxyl groups is 1. The maximum Gasteiger partial charge on any atom is 0.0998 e. The van der Waals surface area contributed by atoms with E-state index in [0.29, 0.717) is 16.5 Å². The van der Waals surface area contributed by atoms with E-state index in [2.05, 4.69) is 5.10 Å². The number of aliphatic hydroxyl groups excluding tert-OH is 1. The van der Waals surface area contributed by atoms with Gasteiger partial charge in [-0.25, -0.2) is 0 Å². The van der Waals surface area contributed by atoms with Gasteiger partial charge < -0.3 is 5.11 Å². The summed E-state index contributed by atoms with van der Waals surface area (Å²) in [5.41, 5.74) is 2.55. The summed E-state index contributed by atoms with van der Waals surface area (Å²) >= 11 is 12.3. The molecule has 5 heteroatoms. The molecule has 0 saturated carbocycles. The van der Waals surface area contributed by atoms with E-state index in [1.54, 1.807) is 18.2 Å². The SMILES string of the molecule is CCc1cc(C(O)Cc2c(Cl)cccc2Cl)n(CC)n1. The van der Waals surface area contributed by atoms with Gasteiger partial charge in [-0.05, 0) is 37.1 Å². The van der Waals surface area contributed by atoms with E-state index < -0.39 is 6.10 Å². The standard InChI is InChI=1S/C15H18Cl2N2O/c1-3-10-8-14(19(4-2)18-10)15(20)9-11-12(16)6-5-7-13(11)17/h5-8,15,20H,3-4,9H2,1-2H3. The molecule has 1 heterocycles. The van der Waals surface area contributed by atoms with Crippen LogP contribution in [0.2, 0.25) is 10.0 Å². The van der Waals surface area contributed by atoms with E-state index >= 15 is 0 Å². The highest BCUT2D eigenvalue weighted by Gasteiger charge is 2.18. The smallest absolute Gasteiger partial charge is 0.0998 e. The van der Waals surface area contributed by atoms with Gasteiger partial charge in [0, 0.05) is 23.0 Å². The van der Waals surface area contributed by atoms with Crippen LogP contribution in [0.5, 0.6) is 0 Å². The van der Waals surface area contributed by atoms with E-state index in [-0.39, 0.29) is 0 Å². The third kappa shape index (κ3) is 3.17. The van der Waals surface area contributed by atoms with Gasteiger partial charge >= 0.3 is 0 Å². The number of benzene rings is 1. The van der Waals surface area contributed by atoms with E-state index in [4.69, 9.17) is 23.2 Å². The van der Waals surface area contributed by atoms with Gasteiger partial charge in [0.2, 0.25) is 0 Å². The van der Waals surface area contributed by atoms with E-state index in [1.165, 1.54) is 0 Å². The van der Waals surface area contributed by atoms with Crippen LogP contribution in [-0.4, -0.2) is 14.9 Å². The molecule has 0 aliphatic carbocycles. The number of rotatable bonds is 5. The molecule has 3 nitrogen and oxygen atoms in total. The molecule has 1 unspecified atom stereocenters. The van der Waals surface area contributed by atoms with Gasteiger partial charge in [-0.15, -0.1) is 0 Å². The average Bonchev–Trinajstić information content (AvgIpc) is 2.86. The summed E-state index contributed by atoms with van der Waals surface area (Å²) in [6.45, 7) is 4.78. The Bertz CT molecular complexity index is 575. The first-order valence-corrected chi connectivity index (χ1v) is 7.50. The van der Waals surface area contributed by atoms with Crippen molar-refractivity contribution in [3.8, 4) is 0 Å². The fourth-order valence-corrected chi connectivity index (χ4v) is 2.76. The zero-order valence-electron chi connectivity index (χ0n) is 11.6. The summed E-state index contributed by atoms with van der Waals surface area (Å²) in [6.07, 6.45) is 0.563. The molecular weight excluding hydrogens is 295 g/mol. The molecule has 2 aromatic rings. The Morgan fingerprint density at radius 2 is 1.90 bits per heavy atom. The van der Waals surface area contributed by atoms with Gasteiger partial charge in [-0.2, -0.15) is 5.10 Å². The topological polar surface area (TPSA) is 38.0 Å². The molecule has 2 rings (SSSR count). The number of aromatic nitrogens is 2. The lowest BCUT2D eigenvalue weighted by Crippen LogP contribution is -2.10. The largest absolute Gasteiger partial charge is 0.386 e. The van der Waals surface area contributed by atoms with Crippen LogP contribution in [0.1, 0.15) is 36.9 Å². The predicted octanol–water partition coefficient (Wildman–Crippen LogP) is 4.05. The monoisotopic (exact) mass is 312 g/mol. The molecule has 1 aromatic carbocycles. The number of aryl methyl sites for hydroxylation is 2. The molecule has 108 valence electrons. The second-order valence-corrected chi connectivity index (χ2v) is 5.46. The lowest BCUT2D eigenvalue weighted by molar-refractivity contribution is 0.167. The molecule has 1 aromatic heterocycles. The minimum absolute atomic E-state index is 0.382. The maximum absolute atomic E-state index is 10.5. The van der Waals surface area contributed by atoms with Crippen molar-refractivity contribution in [2.24, 2.45) is 0 Å². The second-order valence-electron chi connectivity index (χ2n) is 4.65. The zero-order valence-corrected chi connectivity index (χ0v) is 13.1. The van der Waals surface area contributed by atoms with Crippen molar-refractivity contribution in [3.63, 3.8) is 0 Å². The van der Waals surface area contributed by atoms with Crippen LogP contribution >= 0.6 is 23.2 Å². The first-order chi connectivity index (χ1) is 9.56. The molecule has 1 N–H and O–H groups in total. The van der Waals surface area contributed by atoms with Crippen molar-refractivity contribution in [2.75, 3.05) is 0 Å². The van der Waals surface area contributed by atoms with E-state index in [1.807, 2.05) is 24.6 Å². The van der Waals surface area contributed by atoms with Crippen molar-refractivity contribution in [1.29, 1.82) is 0 Å². The van der Waals surface area contributed by atoms with Crippen molar-refractivity contribution >= 4 is 23.2 Å². The van der Waals surface area contributed by atoms with Gasteiger partial charge in [0.25, 0.3) is 0 Å². The normalized spacial score (nSPS) is 12.7. The van der Waals surface area contributed by atoms with Crippen LogP contribution in [0.25, 0.3) is 0 Å². The van der Waals surface area contributed by atoms with Crippen molar-refractivity contribution < 1.29 is 5.11 Å². The van der Waals surface area contributed by atoms with Crippen molar-refractivity contribution in [1.82, 2.24) is 9.78 Å². The van der Waals surface area contributed by atoms with Crippen LogP contribution in [0.15, 0.2) is 24.3 Å². The van der Waals surface area contributed by atoms with Gasteiger partial charge in [0.1, 0.15) is 0 Å². The summed E-state index contributed by atoms with van der Waals surface area (Å²) in [4.78, 5) is 0. The Hall–Kier alpha value is -1.03. The van der Waals surface area contributed by atoms with Gasteiger partial charge in [0.05, 0.1) is 17.5 Å². The third-order valence-electron chi connectivity index (χ3n) is 3.32. The van der Waals surface area contributed by atoms with Gasteiger partial charge in [-0.1, -0.05) is 36.2 Å². The summed E-state index contributed by atoms with van der Waals surface area (Å²) in [6, 6.07) is 7.30. The molecule has 0 bridgehead atoms. The molecule has 0 aliphatic heterocycles. The summed E-state index contributed by atoms with van der Waals surface area (Å²) < 4.78 is 1.83. The lowest BCUT2D eigenvalue weighted by Gasteiger charge is -2.14. The molecule has 0 radical (unpaired) electrons. The minimum Gasteiger partial charge on any atom is -0.386 e. The lowest BCUT2D eigenvalue weighted by atomic mass is 10.0. The molecule has 0 aliphatic rings. The first-order valence-electron chi connectivity index (χ1n) is 6.74. The molecular formula is C15H18Cl2N2O. The highest BCUT2D eigenvalue weighted by molar-refractivity contribution is 6.35. The molecule has 20 heavy (non-hydrogen) atoms. The zero-order chi connectivity index (χ0) is 14.7. The molecule has 0 spiro atoms. The second kappa shape index (κ2) is 6.61. The molecule has 0 fully saturated rings. The van der Waals surface area contributed by atoms with Gasteiger partial charge in [-0.3, -0.25) is 4.68 Å². The highest BCUT2D eigenvalue weighted by Crippen LogP contribution is 2.29. The Morgan fingerprint density at radius 1 is 1.25 bits per heavy atom. The fraction of sp³-hybridized carbons (Fsp3) is 0.400. The average molecular weight is 313 g/mol. The summed E-state index contributed by atoms with van der Waals surface area (Å²) in [5.74, 6) is 0. The van der Waals surface area contributed by atoms with Crippen LogP contribution in [0, 0.1) is 0 Å². The van der Waals surface area contributed by atoms with E-state index in [0.717, 1.165) is 29.9 Å². The molecule has 0 saturated heterocycles. The van der Waals surface area contributed by atoms with Crippen molar-refractivity contribution in [2.45, 2.75) is 39.3 Å². The van der Waals surface area contributed by atoms with Crippen molar-refractivity contribution in [3.05, 3.63) is 51.3 Å². The highest BCUT2D eigenvalue weighted by atomic mass is 35.5. The number of hydrogen-bond acceptors (Lipinski definition) is 2. The first kappa shape index (κ1) is 15.4. The van der Waals surface area contributed by atoms with Crippen LogP contribution in [0.4, 0.5) is 0 Å². The minimum atomic E-state index is -0.667. The van der Waals surface area contributed by atoms with Crippen LogP contribution in [0.3, 0.4) is 0 Å². The van der Waals surface area contributed by atoms with Crippen LogP contribution < -0.4 is 0 Å². The summed E-state index contributed by atoms with van der Waals surface area (Å²) in [5, 5.41) is 16.1. The predicted molar refractivity (Wildman–Crippen MR) is 82.4 cm³/mol. The number of halogens is 2. The Labute approximate surface area is 129 Å². The van der Waals surface area contributed by atoms with Gasteiger partial charge in [0.15, 0.2) is 0 Å². The Balaban J connectivity index is 2.28. The Morgan fingerprint density at radius 3 is 2.45 bits per heavy atom. The maximum atomic E-state index is 10.5. The quantitative estimate of drug-likeness (QED) is 0.904. The number of hydrogen-bond donors (Lipinski definition) is 1. The molecule has 1 atom stereocenters. The molecule has 0 amide bonds.